The van der Waals surface area contributed by atoms with E-state index in [1.54, 1.807) is 23.2 Å². The highest BCUT2D eigenvalue weighted by molar-refractivity contribution is 5.81. The van der Waals surface area contributed by atoms with E-state index in [4.69, 9.17) is 0 Å². The van der Waals surface area contributed by atoms with Crippen LogP contribution in [0, 0.1) is 6.92 Å². The maximum Gasteiger partial charge on any atom is 0.240 e. The topological polar surface area (TPSA) is 36.4 Å². The molecule has 0 aromatic carbocycles. The van der Waals surface area contributed by atoms with Crippen molar-refractivity contribution in [3.63, 3.8) is 0 Å². The number of aryl methyl sites for hydroxylation is 1. The van der Waals surface area contributed by atoms with Gasteiger partial charge in [-0.2, -0.15) is 0 Å². The molecule has 0 spiro atoms. The highest BCUT2D eigenvalue weighted by atomic mass is 16.2. The molecule has 0 bridgehead atoms. The second-order valence-corrected chi connectivity index (χ2v) is 5.21. The quantitative estimate of drug-likeness (QED) is 0.689. The van der Waals surface area contributed by atoms with E-state index in [1.807, 2.05) is 38.1 Å². The van der Waals surface area contributed by atoms with Crippen molar-refractivity contribution in [2.75, 3.05) is 20.1 Å². The van der Waals surface area contributed by atoms with Crippen LogP contribution in [-0.4, -0.2) is 46.9 Å². The van der Waals surface area contributed by atoms with Gasteiger partial charge >= 0.3 is 0 Å². The van der Waals surface area contributed by atoms with Gasteiger partial charge in [0.1, 0.15) is 0 Å². The summed E-state index contributed by atoms with van der Waals surface area (Å²) in [5.74, 6) is 0.0870. The summed E-state index contributed by atoms with van der Waals surface area (Å²) >= 11 is 0. The van der Waals surface area contributed by atoms with Gasteiger partial charge in [-0.05, 0) is 38.1 Å². The maximum atomic E-state index is 12.5. The third-order valence-electron chi connectivity index (χ3n) is 3.59. The Morgan fingerprint density at radius 3 is 2.52 bits per heavy atom. The molecule has 1 rings (SSSR count). The summed E-state index contributed by atoms with van der Waals surface area (Å²) < 4.78 is 0. The highest BCUT2D eigenvalue weighted by Gasteiger charge is 2.22. The Morgan fingerprint density at radius 2 is 2.00 bits per heavy atom. The first-order valence-corrected chi connectivity index (χ1v) is 7.11. The number of nitrogens with zero attached hydrogens (tertiary/aromatic N) is 3. The number of aromatic nitrogens is 1. The number of carbonyl (C=O) groups excluding carboxylic acids is 1. The molecule has 4 heteroatoms. The zero-order valence-electron chi connectivity index (χ0n) is 13.2. The monoisotopic (exact) mass is 287 g/mol. The second-order valence-electron chi connectivity index (χ2n) is 5.21. The van der Waals surface area contributed by atoms with Crippen molar-refractivity contribution >= 4 is 5.91 Å². The summed E-state index contributed by atoms with van der Waals surface area (Å²) in [6, 6.07) is 1.80. The molecule has 0 N–H and O–H groups in total. The molecule has 0 saturated carbocycles. The Morgan fingerprint density at radius 1 is 1.38 bits per heavy atom. The van der Waals surface area contributed by atoms with Crippen LogP contribution in [-0.2, 0) is 11.3 Å². The van der Waals surface area contributed by atoms with Gasteiger partial charge in [0.25, 0.3) is 0 Å². The summed E-state index contributed by atoms with van der Waals surface area (Å²) in [5, 5.41) is 0. The van der Waals surface area contributed by atoms with Crippen LogP contribution in [0.15, 0.2) is 43.8 Å². The standard InChI is InChI=1S/C17H25N3O/c1-6-10-20(11-7-2)17(21)15(4)19(5)13-16-8-9-18-12-14(16)3/h6-9,12,15H,1-2,10-11,13H2,3-5H3. The summed E-state index contributed by atoms with van der Waals surface area (Å²) in [6.45, 7) is 13.2. The number of hydrogen-bond acceptors (Lipinski definition) is 3. The van der Waals surface area contributed by atoms with Crippen molar-refractivity contribution in [1.29, 1.82) is 0 Å². The van der Waals surface area contributed by atoms with Crippen LogP contribution in [0.25, 0.3) is 0 Å². The predicted octanol–water partition coefficient (Wildman–Crippen LogP) is 2.41. The maximum absolute atomic E-state index is 12.5. The first kappa shape index (κ1) is 17.1. The van der Waals surface area contributed by atoms with Crippen LogP contribution >= 0.6 is 0 Å². The lowest BCUT2D eigenvalue weighted by Gasteiger charge is -2.29. The first-order chi connectivity index (χ1) is 10.0. The normalized spacial score (nSPS) is 12.0. The Kier molecular flexibility index (Phi) is 6.82. The van der Waals surface area contributed by atoms with Gasteiger partial charge in [-0.1, -0.05) is 12.2 Å². The fraction of sp³-hybridized carbons (Fsp3) is 0.412. The zero-order chi connectivity index (χ0) is 15.8. The molecule has 4 nitrogen and oxygen atoms in total. The minimum Gasteiger partial charge on any atom is -0.334 e. The lowest BCUT2D eigenvalue weighted by Crippen LogP contribution is -2.45. The van der Waals surface area contributed by atoms with Gasteiger partial charge in [-0.25, -0.2) is 0 Å². The predicted molar refractivity (Wildman–Crippen MR) is 86.9 cm³/mol. The Labute approximate surface area is 127 Å². The molecule has 0 saturated heterocycles. The number of likely N-dealkylation sites (N-methyl/N-ethyl adjacent to an activating group) is 1. The summed E-state index contributed by atoms with van der Waals surface area (Å²) in [6.07, 6.45) is 7.10. The fourth-order valence-corrected chi connectivity index (χ4v) is 2.10. The molecular formula is C17H25N3O. The molecule has 1 aromatic heterocycles. The lowest BCUT2D eigenvalue weighted by atomic mass is 10.1. The number of amides is 1. The first-order valence-electron chi connectivity index (χ1n) is 7.11. The van der Waals surface area contributed by atoms with Gasteiger partial charge in [-0.15, -0.1) is 13.2 Å². The van der Waals surface area contributed by atoms with Crippen LogP contribution in [0.1, 0.15) is 18.1 Å². The van der Waals surface area contributed by atoms with Gasteiger partial charge < -0.3 is 4.90 Å². The minimum absolute atomic E-state index is 0.0870. The molecule has 0 aliphatic carbocycles. The number of hydrogen-bond donors (Lipinski definition) is 0. The zero-order valence-corrected chi connectivity index (χ0v) is 13.2. The second kappa shape index (κ2) is 8.37. The van der Waals surface area contributed by atoms with E-state index in [0.717, 1.165) is 12.1 Å². The van der Waals surface area contributed by atoms with Gasteiger partial charge in [-0.3, -0.25) is 14.7 Å². The van der Waals surface area contributed by atoms with Crippen molar-refractivity contribution in [3.8, 4) is 0 Å². The fourth-order valence-electron chi connectivity index (χ4n) is 2.10. The number of pyridine rings is 1. The molecule has 1 atom stereocenters. The Balaban J connectivity index is 2.74. The Bertz CT molecular complexity index is 489. The average Bonchev–Trinajstić information content (AvgIpc) is 2.47. The highest BCUT2D eigenvalue weighted by Crippen LogP contribution is 2.11. The molecule has 0 aliphatic rings. The third-order valence-corrected chi connectivity index (χ3v) is 3.59. The summed E-state index contributed by atoms with van der Waals surface area (Å²) in [7, 11) is 1.96. The molecule has 21 heavy (non-hydrogen) atoms. The molecule has 1 aromatic rings. The van der Waals surface area contributed by atoms with E-state index >= 15 is 0 Å². The van der Waals surface area contributed by atoms with Crippen LogP contribution in [0.2, 0.25) is 0 Å². The molecule has 0 aliphatic heterocycles. The van der Waals surface area contributed by atoms with E-state index in [2.05, 4.69) is 18.1 Å². The summed E-state index contributed by atoms with van der Waals surface area (Å²) in [5.41, 5.74) is 2.32. The number of carbonyl (C=O) groups is 1. The van der Waals surface area contributed by atoms with Crippen LogP contribution in [0.5, 0.6) is 0 Å². The smallest absolute Gasteiger partial charge is 0.240 e. The van der Waals surface area contributed by atoms with Gasteiger partial charge in [0, 0.05) is 32.0 Å². The van der Waals surface area contributed by atoms with E-state index in [0.29, 0.717) is 13.1 Å². The SMILES string of the molecule is C=CCN(CC=C)C(=O)C(C)N(C)Cc1ccncc1C. The molecule has 114 valence electrons. The van der Waals surface area contributed by atoms with Gasteiger partial charge in [0.15, 0.2) is 0 Å². The van der Waals surface area contributed by atoms with Gasteiger partial charge in [0.05, 0.1) is 6.04 Å². The number of rotatable bonds is 8. The minimum atomic E-state index is -0.197. The Hall–Kier alpha value is -1.94. The van der Waals surface area contributed by atoms with E-state index in [9.17, 15) is 4.79 Å². The van der Waals surface area contributed by atoms with Gasteiger partial charge in [0.2, 0.25) is 5.91 Å². The van der Waals surface area contributed by atoms with E-state index < -0.39 is 0 Å². The summed E-state index contributed by atoms with van der Waals surface area (Å²) in [4.78, 5) is 20.4. The molecule has 1 unspecified atom stereocenters. The van der Waals surface area contributed by atoms with Crippen LogP contribution < -0.4 is 0 Å². The van der Waals surface area contributed by atoms with Crippen LogP contribution in [0.4, 0.5) is 0 Å². The van der Waals surface area contributed by atoms with Crippen molar-refractivity contribution in [1.82, 2.24) is 14.8 Å². The third kappa shape index (κ3) is 4.83. The van der Waals surface area contributed by atoms with E-state index in [1.165, 1.54) is 5.56 Å². The largest absolute Gasteiger partial charge is 0.334 e. The molecule has 0 fully saturated rings. The molecular weight excluding hydrogens is 262 g/mol. The lowest BCUT2D eigenvalue weighted by molar-refractivity contribution is -0.135. The molecule has 1 heterocycles. The van der Waals surface area contributed by atoms with Crippen molar-refractivity contribution in [2.45, 2.75) is 26.4 Å². The van der Waals surface area contributed by atoms with E-state index in [-0.39, 0.29) is 11.9 Å². The van der Waals surface area contributed by atoms with Crippen LogP contribution in [0.3, 0.4) is 0 Å². The van der Waals surface area contributed by atoms with Crippen molar-refractivity contribution < 1.29 is 4.79 Å². The molecule has 0 radical (unpaired) electrons. The van der Waals surface area contributed by atoms with Crippen molar-refractivity contribution in [3.05, 3.63) is 54.9 Å². The van der Waals surface area contributed by atoms with Crippen molar-refractivity contribution in [2.24, 2.45) is 0 Å². The average molecular weight is 287 g/mol. The molecule has 1 amide bonds.